The molecule has 0 spiro atoms. The molecule has 0 atom stereocenters. The predicted molar refractivity (Wildman–Crippen MR) is 97.7 cm³/mol. The number of anilines is 1. The van der Waals surface area contributed by atoms with Crippen LogP contribution in [0.3, 0.4) is 0 Å². The topological polar surface area (TPSA) is 54.0 Å². The number of rotatable bonds is 3. The van der Waals surface area contributed by atoms with E-state index < -0.39 is 17.6 Å². The van der Waals surface area contributed by atoms with Crippen LogP contribution in [0, 0.1) is 0 Å². The zero-order valence-electron chi connectivity index (χ0n) is 15.5. The minimum Gasteiger partial charge on any atom is -0.321 e. The minimum atomic E-state index is -4.49. The highest BCUT2D eigenvalue weighted by Crippen LogP contribution is 2.33. The van der Waals surface area contributed by atoms with E-state index in [-0.39, 0.29) is 23.0 Å². The first-order chi connectivity index (χ1) is 12.6. The number of carbonyl (C=O) groups is 1. The van der Waals surface area contributed by atoms with E-state index in [1.165, 1.54) is 12.1 Å². The molecule has 1 aliphatic heterocycles. The molecule has 3 rings (SSSR count). The van der Waals surface area contributed by atoms with Gasteiger partial charge in [0.25, 0.3) is 5.91 Å². The summed E-state index contributed by atoms with van der Waals surface area (Å²) in [7, 11) is 0. The van der Waals surface area contributed by atoms with Crippen molar-refractivity contribution in [2.45, 2.75) is 45.3 Å². The van der Waals surface area contributed by atoms with Crippen LogP contribution >= 0.6 is 0 Å². The third-order valence-corrected chi connectivity index (χ3v) is 4.81. The summed E-state index contributed by atoms with van der Waals surface area (Å²) in [6.07, 6.45) is -2.70. The SMILES string of the molecule is CCc1ccc(C(=O)Nc2cnc3c(c2)CNCC3(C)C)cc1C(F)(F)F. The zero-order valence-corrected chi connectivity index (χ0v) is 15.5. The molecule has 4 nitrogen and oxygen atoms in total. The molecule has 1 amide bonds. The standard InChI is InChI=1S/C20H22F3N3O/c1-4-12-5-6-13(8-16(12)20(21,22)23)18(27)26-15-7-14-9-24-11-19(2,3)17(14)25-10-15/h5-8,10,24H,4,9,11H2,1-3H3,(H,26,27). The van der Waals surface area contributed by atoms with E-state index in [4.69, 9.17) is 0 Å². The number of nitrogens with zero attached hydrogens (tertiary/aromatic N) is 1. The number of amides is 1. The first kappa shape index (κ1) is 19.4. The second-order valence-electron chi connectivity index (χ2n) is 7.40. The van der Waals surface area contributed by atoms with E-state index in [1.54, 1.807) is 13.1 Å². The van der Waals surface area contributed by atoms with Gasteiger partial charge in [-0.05, 0) is 35.7 Å². The van der Waals surface area contributed by atoms with E-state index in [0.717, 1.165) is 23.9 Å². The number of hydrogen-bond acceptors (Lipinski definition) is 3. The van der Waals surface area contributed by atoms with Gasteiger partial charge in [-0.3, -0.25) is 9.78 Å². The molecule has 2 heterocycles. The van der Waals surface area contributed by atoms with Crippen LogP contribution in [0.2, 0.25) is 0 Å². The van der Waals surface area contributed by atoms with E-state index in [0.29, 0.717) is 12.2 Å². The van der Waals surface area contributed by atoms with Crippen LogP contribution in [0.4, 0.5) is 18.9 Å². The number of fused-ring (bicyclic) bond motifs is 1. The van der Waals surface area contributed by atoms with Gasteiger partial charge in [0.2, 0.25) is 0 Å². The quantitative estimate of drug-likeness (QED) is 0.839. The largest absolute Gasteiger partial charge is 0.416 e. The van der Waals surface area contributed by atoms with Gasteiger partial charge in [-0.25, -0.2) is 0 Å². The van der Waals surface area contributed by atoms with Crippen LogP contribution in [-0.2, 0) is 24.6 Å². The fourth-order valence-corrected chi connectivity index (χ4v) is 3.41. The molecule has 0 saturated carbocycles. The molecule has 0 unspecified atom stereocenters. The second kappa shape index (κ2) is 6.96. The Morgan fingerprint density at radius 2 is 2.04 bits per heavy atom. The van der Waals surface area contributed by atoms with Crippen LogP contribution in [0.1, 0.15) is 53.5 Å². The smallest absolute Gasteiger partial charge is 0.321 e. The number of alkyl halides is 3. The van der Waals surface area contributed by atoms with Crippen molar-refractivity contribution in [3.63, 3.8) is 0 Å². The summed E-state index contributed by atoms with van der Waals surface area (Å²) in [5, 5.41) is 5.96. The minimum absolute atomic E-state index is 0.0318. The van der Waals surface area contributed by atoms with Gasteiger partial charge in [0.1, 0.15) is 0 Å². The Morgan fingerprint density at radius 3 is 2.70 bits per heavy atom. The van der Waals surface area contributed by atoms with Crippen molar-refractivity contribution in [1.82, 2.24) is 10.3 Å². The van der Waals surface area contributed by atoms with Gasteiger partial charge in [0, 0.05) is 24.1 Å². The van der Waals surface area contributed by atoms with Crippen LogP contribution in [0.15, 0.2) is 30.5 Å². The molecular weight excluding hydrogens is 355 g/mol. The normalized spacial score (nSPS) is 15.9. The molecule has 0 bridgehead atoms. The summed E-state index contributed by atoms with van der Waals surface area (Å²) >= 11 is 0. The molecule has 144 valence electrons. The lowest BCUT2D eigenvalue weighted by molar-refractivity contribution is -0.138. The van der Waals surface area contributed by atoms with E-state index in [2.05, 4.69) is 29.5 Å². The Hall–Kier alpha value is -2.41. The summed E-state index contributed by atoms with van der Waals surface area (Å²) in [5.41, 5.74) is 1.65. The third-order valence-electron chi connectivity index (χ3n) is 4.81. The molecular formula is C20H22F3N3O. The molecule has 0 saturated heterocycles. The molecule has 1 aliphatic rings. The maximum Gasteiger partial charge on any atom is 0.416 e. The summed E-state index contributed by atoms with van der Waals surface area (Å²) in [4.78, 5) is 16.9. The van der Waals surface area contributed by atoms with Crippen LogP contribution in [-0.4, -0.2) is 17.4 Å². The molecule has 2 aromatic rings. The van der Waals surface area contributed by atoms with E-state index in [9.17, 15) is 18.0 Å². The Balaban J connectivity index is 1.86. The van der Waals surface area contributed by atoms with Crippen molar-refractivity contribution < 1.29 is 18.0 Å². The van der Waals surface area contributed by atoms with Crippen molar-refractivity contribution in [1.29, 1.82) is 0 Å². The zero-order chi connectivity index (χ0) is 19.8. The number of hydrogen-bond donors (Lipinski definition) is 2. The van der Waals surface area contributed by atoms with Crippen LogP contribution in [0.25, 0.3) is 0 Å². The summed E-state index contributed by atoms with van der Waals surface area (Å²) in [6, 6.07) is 5.50. The predicted octanol–water partition coefficient (Wildman–Crippen LogP) is 4.30. The van der Waals surface area contributed by atoms with Gasteiger partial charge in [-0.15, -0.1) is 0 Å². The molecule has 0 aliphatic carbocycles. The van der Waals surface area contributed by atoms with Gasteiger partial charge in [0.05, 0.1) is 23.1 Å². The van der Waals surface area contributed by atoms with Gasteiger partial charge in [0.15, 0.2) is 0 Å². The Morgan fingerprint density at radius 1 is 1.30 bits per heavy atom. The first-order valence-electron chi connectivity index (χ1n) is 8.83. The highest BCUT2D eigenvalue weighted by molar-refractivity contribution is 6.04. The van der Waals surface area contributed by atoms with E-state index >= 15 is 0 Å². The van der Waals surface area contributed by atoms with Crippen LogP contribution in [0.5, 0.6) is 0 Å². The Kier molecular flexibility index (Phi) is 4.99. The molecule has 27 heavy (non-hydrogen) atoms. The average Bonchev–Trinajstić information content (AvgIpc) is 2.60. The molecule has 0 fully saturated rings. The van der Waals surface area contributed by atoms with Gasteiger partial charge in [-0.2, -0.15) is 13.2 Å². The monoisotopic (exact) mass is 377 g/mol. The fraction of sp³-hybridized carbons (Fsp3) is 0.400. The maximum atomic E-state index is 13.2. The lowest BCUT2D eigenvalue weighted by Gasteiger charge is -2.32. The number of halogens is 3. The maximum absolute atomic E-state index is 13.2. The first-order valence-corrected chi connectivity index (χ1v) is 8.83. The van der Waals surface area contributed by atoms with Crippen LogP contribution < -0.4 is 10.6 Å². The lowest BCUT2D eigenvalue weighted by atomic mass is 9.83. The summed E-state index contributed by atoms with van der Waals surface area (Å²) in [5.74, 6) is -0.590. The van der Waals surface area contributed by atoms with Crippen molar-refractivity contribution >= 4 is 11.6 Å². The number of aryl methyl sites for hydroxylation is 1. The van der Waals surface area contributed by atoms with Crippen molar-refractivity contribution in [3.05, 3.63) is 58.4 Å². The van der Waals surface area contributed by atoms with Crippen molar-refractivity contribution in [2.24, 2.45) is 0 Å². The summed E-state index contributed by atoms with van der Waals surface area (Å²) < 4.78 is 39.7. The average molecular weight is 377 g/mol. The number of nitrogens with one attached hydrogen (secondary N) is 2. The number of benzene rings is 1. The van der Waals surface area contributed by atoms with Crippen molar-refractivity contribution in [3.8, 4) is 0 Å². The number of pyridine rings is 1. The lowest BCUT2D eigenvalue weighted by Crippen LogP contribution is -2.39. The Labute approximate surface area is 156 Å². The molecule has 1 aromatic heterocycles. The van der Waals surface area contributed by atoms with Gasteiger partial charge < -0.3 is 10.6 Å². The van der Waals surface area contributed by atoms with Crippen molar-refractivity contribution in [2.75, 3.05) is 11.9 Å². The Bertz CT molecular complexity index is 875. The highest BCUT2D eigenvalue weighted by atomic mass is 19.4. The molecule has 1 aromatic carbocycles. The molecule has 7 heteroatoms. The second-order valence-corrected chi connectivity index (χ2v) is 7.40. The van der Waals surface area contributed by atoms with E-state index in [1.807, 2.05) is 6.07 Å². The van der Waals surface area contributed by atoms with Gasteiger partial charge >= 0.3 is 6.18 Å². The van der Waals surface area contributed by atoms with Gasteiger partial charge in [-0.1, -0.05) is 26.8 Å². The molecule has 0 radical (unpaired) electrons. The summed E-state index contributed by atoms with van der Waals surface area (Å²) in [6.45, 7) is 7.26. The number of aromatic nitrogens is 1. The third kappa shape index (κ3) is 3.98. The highest BCUT2D eigenvalue weighted by Gasteiger charge is 2.33. The molecule has 2 N–H and O–H groups in total. The fourth-order valence-electron chi connectivity index (χ4n) is 3.41. The number of carbonyl (C=O) groups excluding carboxylic acids is 1.